The molecular weight excluding hydrogens is 234 g/mol. The van der Waals surface area contributed by atoms with Crippen LogP contribution in [0.5, 0.6) is 0 Å². The fraction of sp³-hybridized carbons (Fsp3) is 0.833. The molecule has 18 heavy (non-hydrogen) atoms. The molecule has 3 atom stereocenters. The number of nitrogens with zero attached hydrogens (tertiary/aromatic N) is 2. The molecule has 1 saturated heterocycles. The zero-order valence-electron chi connectivity index (χ0n) is 11.2. The minimum atomic E-state index is -0.722. The van der Waals surface area contributed by atoms with Crippen LogP contribution in [0.3, 0.4) is 0 Å². The second-order valence-electron chi connectivity index (χ2n) is 4.98. The maximum absolute atomic E-state index is 6.13. The Morgan fingerprint density at radius 3 is 2.94 bits per heavy atom. The summed E-state index contributed by atoms with van der Waals surface area (Å²) in [5.41, 5.74) is 5.41. The summed E-state index contributed by atoms with van der Waals surface area (Å²) in [6.45, 7) is 7.51. The van der Waals surface area contributed by atoms with Gasteiger partial charge in [0.1, 0.15) is 5.54 Å². The molecule has 6 nitrogen and oxygen atoms in total. The molecule has 1 aromatic heterocycles. The zero-order valence-corrected chi connectivity index (χ0v) is 11.2. The summed E-state index contributed by atoms with van der Waals surface area (Å²) in [6.07, 6.45) is 1.03. The Kier molecular flexibility index (Phi) is 3.99. The van der Waals surface area contributed by atoms with Crippen molar-refractivity contribution in [2.45, 2.75) is 44.8 Å². The van der Waals surface area contributed by atoms with Crippen LogP contribution in [0, 0.1) is 0 Å². The molecule has 0 aliphatic carbocycles. The Morgan fingerprint density at radius 2 is 2.33 bits per heavy atom. The van der Waals surface area contributed by atoms with Crippen molar-refractivity contribution in [3.8, 4) is 0 Å². The van der Waals surface area contributed by atoms with Crippen molar-refractivity contribution in [2.24, 2.45) is 5.73 Å². The molecule has 102 valence electrons. The fourth-order valence-corrected chi connectivity index (χ4v) is 2.05. The predicted molar refractivity (Wildman–Crippen MR) is 65.1 cm³/mol. The normalized spacial score (nSPS) is 27.3. The Hall–Kier alpha value is -0.980. The lowest BCUT2D eigenvalue weighted by molar-refractivity contribution is 0.0962. The molecule has 2 N–H and O–H groups in total. The SMILES string of the molecule is CCOCC(C)(N)c1noc(C2CCOC2C)n1. The monoisotopic (exact) mass is 255 g/mol. The van der Waals surface area contributed by atoms with Crippen molar-refractivity contribution in [3.05, 3.63) is 11.7 Å². The van der Waals surface area contributed by atoms with Crippen molar-refractivity contribution in [3.63, 3.8) is 0 Å². The average Bonchev–Trinajstić information content (AvgIpc) is 2.94. The van der Waals surface area contributed by atoms with E-state index in [1.54, 1.807) is 0 Å². The third-order valence-corrected chi connectivity index (χ3v) is 3.25. The van der Waals surface area contributed by atoms with Gasteiger partial charge in [0.25, 0.3) is 0 Å². The number of nitrogens with two attached hydrogens (primary N) is 1. The van der Waals surface area contributed by atoms with Gasteiger partial charge in [-0.25, -0.2) is 0 Å². The molecule has 0 spiro atoms. The standard InChI is InChI=1S/C12H21N3O3/c1-4-16-7-12(3,13)11-14-10(18-15-11)9-5-6-17-8(9)2/h8-9H,4-7,13H2,1-3H3. The van der Waals surface area contributed by atoms with Crippen LogP contribution in [0.1, 0.15) is 44.8 Å². The van der Waals surface area contributed by atoms with Crippen molar-refractivity contribution in [2.75, 3.05) is 19.8 Å². The van der Waals surface area contributed by atoms with Crippen LogP contribution in [-0.4, -0.2) is 36.1 Å². The quantitative estimate of drug-likeness (QED) is 0.850. The average molecular weight is 255 g/mol. The third-order valence-electron chi connectivity index (χ3n) is 3.25. The minimum Gasteiger partial charge on any atom is -0.379 e. The highest BCUT2D eigenvalue weighted by Gasteiger charge is 2.34. The maximum Gasteiger partial charge on any atom is 0.232 e. The number of rotatable bonds is 5. The van der Waals surface area contributed by atoms with E-state index in [1.165, 1.54) is 0 Å². The minimum absolute atomic E-state index is 0.120. The number of aromatic nitrogens is 2. The first kappa shape index (κ1) is 13.5. The summed E-state index contributed by atoms with van der Waals surface area (Å²) in [6, 6.07) is 0. The van der Waals surface area contributed by atoms with Crippen LogP contribution in [-0.2, 0) is 15.0 Å². The molecule has 6 heteroatoms. The first-order chi connectivity index (χ1) is 8.54. The lowest BCUT2D eigenvalue weighted by Gasteiger charge is -2.19. The van der Waals surface area contributed by atoms with E-state index < -0.39 is 5.54 Å². The summed E-state index contributed by atoms with van der Waals surface area (Å²) in [5.74, 6) is 1.28. The molecule has 0 amide bonds. The summed E-state index contributed by atoms with van der Waals surface area (Å²) in [5, 5.41) is 3.97. The van der Waals surface area contributed by atoms with Gasteiger partial charge in [0, 0.05) is 13.2 Å². The van der Waals surface area contributed by atoms with Gasteiger partial charge in [0.15, 0.2) is 5.82 Å². The summed E-state index contributed by atoms with van der Waals surface area (Å²) < 4.78 is 16.1. The molecule has 3 unspecified atom stereocenters. The highest BCUT2D eigenvalue weighted by Crippen LogP contribution is 2.30. The van der Waals surface area contributed by atoms with E-state index >= 15 is 0 Å². The Balaban J connectivity index is 2.09. The van der Waals surface area contributed by atoms with Gasteiger partial charge in [0.05, 0.1) is 18.6 Å². The number of hydrogen-bond donors (Lipinski definition) is 1. The van der Waals surface area contributed by atoms with Crippen LogP contribution in [0.4, 0.5) is 0 Å². The largest absolute Gasteiger partial charge is 0.379 e. The molecule has 1 aromatic rings. The smallest absolute Gasteiger partial charge is 0.232 e. The van der Waals surface area contributed by atoms with E-state index in [9.17, 15) is 0 Å². The molecule has 1 aliphatic heterocycles. The topological polar surface area (TPSA) is 83.4 Å². The van der Waals surface area contributed by atoms with E-state index in [0.717, 1.165) is 13.0 Å². The Morgan fingerprint density at radius 1 is 1.56 bits per heavy atom. The predicted octanol–water partition coefficient (Wildman–Crippen LogP) is 1.17. The van der Waals surface area contributed by atoms with Crippen molar-refractivity contribution < 1.29 is 14.0 Å². The van der Waals surface area contributed by atoms with Gasteiger partial charge >= 0.3 is 0 Å². The Bertz CT molecular complexity index is 392. The highest BCUT2D eigenvalue weighted by molar-refractivity contribution is 5.06. The van der Waals surface area contributed by atoms with Gasteiger partial charge in [-0.15, -0.1) is 0 Å². The van der Waals surface area contributed by atoms with E-state index in [0.29, 0.717) is 24.9 Å². The van der Waals surface area contributed by atoms with E-state index in [-0.39, 0.29) is 12.0 Å². The summed E-state index contributed by atoms with van der Waals surface area (Å²) >= 11 is 0. The van der Waals surface area contributed by atoms with Crippen LogP contribution in [0.25, 0.3) is 0 Å². The van der Waals surface area contributed by atoms with Gasteiger partial charge in [0.2, 0.25) is 5.89 Å². The summed E-state index contributed by atoms with van der Waals surface area (Å²) in [7, 11) is 0. The van der Waals surface area contributed by atoms with E-state index in [4.69, 9.17) is 19.7 Å². The molecule has 2 heterocycles. The molecule has 2 rings (SSSR count). The number of ether oxygens (including phenoxy) is 2. The molecule has 0 aromatic carbocycles. The van der Waals surface area contributed by atoms with E-state index in [1.807, 2.05) is 20.8 Å². The van der Waals surface area contributed by atoms with Crippen LogP contribution in [0.2, 0.25) is 0 Å². The van der Waals surface area contributed by atoms with Crippen LogP contribution >= 0.6 is 0 Å². The van der Waals surface area contributed by atoms with Gasteiger partial charge in [-0.2, -0.15) is 4.98 Å². The van der Waals surface area contributed by atoms with Crippen molar-refractivity contribution >= 4 is 0 Å². The zero-order chi connectivity index (χ0) is 13.2. The number of hydrogen-bond acceptors (Lipinski definition) is 6. The first-order valence-electron chi connectivity index (χ1n) is 6.37. The van der Waals surface area contributed by atoms with Crippen molar-refractivity contribution in [1.29, 1.82) is 0 Å². The molecule has 0 radical (unpaired) electrons. The fourth-order valence-electron chi connectivity index (χ4n) is 2.05. The third kappa shape index (κ3) is 2.71. The molecule has 0 bridgehead atoms. The molecular formula is C12H21N3O3. The van der Waals surface area contributed by atoms with E-state index in [2.05, 4.69) is 10.1 Å². The van der Waals surface area contributed by atoms with Crippen LogP contribution in [0.15, 0.2) is 4.52 Å². The second-order valence-corrected chi connectivity index (χ2v) is 4.98. The van der Waals surface area contributed by atoms with Gasteiger partial charge in [-0.05, 0) is 27.2 Å². The second kappa shape index (κ2) is 5.34. The Labute approximate surface area is 107 Å². The van der Waals surface area contributed by atoms with Gasteiger partial charge in [-0.1, -0.05) is 5.16 Å². The van der Waals surface area contributed by atoms with Crippen molar-refractivity contribution in [1.82, 2.24) is 10.1 Å². The molecule has 0 saturated carbocycles. The van der Waals surface area contributed by atoms with Gasteiger partial charge in [-0.3, -0.25) is 0 Å². The lowest BCUT2D eigenvalue weighted by atomic mass is 10.0. The van der Waals surface area contributed by atoms with Gasteiger partial charge < -0.3 is 19.7 Å². The summed E-state index contributed by atoms with van der Waals surface area (Å²) in [4.78, 5) is 4.40. The first-order valence-corrected chi connectivity index (χ1v) is 6.37. The van der Waals surface area contributed by atoms with Crippen LogP contribution < -0.4 is 5.73 Å². The lowest BCUT2D eigenvalue weighted by Crippen LogP contribution is -2.39. The maximum atomic E-state index is 6.13. The highest BCUT2D eigenvalue weighted by atomic mass is 16.5. The molecule has 1 fully saturated rings. The molecule has 1 aliphatic rings.